The Morgan fingerprint density at radius 2 is 1.50 bits per heavy atom. The van der Waals surface area contributed by atoms with Crippen LogP contribution in [0.15, 0.2) is 12.5 Å². The predicted molar refractivity (Wildman–Crippen MR) is 75.3 cm³/mol. The van der Waals surface area contributed by atoms with Gasteiger partial charge in [-0.3, -0.25) is 0 Å². The second-order valence-electron chi connectivity index (χ2n) is 7.85. The molecule has 1 aliphatic rings. The SMILES string of the molecule is CC(C)(C)C1Cc2cncnc2CC1C(C)(C)C. The molecule has 0 radical (unpaired) electrons. The summed E-state index contributed by atoms with van der Waals surface area (Å²) in [5.41, 5.74) is 3.30. The van der Waals surface area contributed by atoms with Gasteiger partial charge in [0.05, 0.1) is 0 Å². The topological polar surface area (TPSA) is 25.8 Å². The minimum absolute atomic E-state index is 0.334. The van der Waals surface area contributed by atoms with Crippen molar-refractivity contribution < 1.29 is 0 Å². The average Bonchev–Trinajstić information content (AvgIpc) is 2.25. The van der Waals surface area contributed by atoms with Gasteiger partial charge in [-0.1, -0.05) is 41.5 Å². The lowest BCUT2D eigenvalue weighted by molar-refractivity contribution is 0.0612. The Labute approximate surface area is 111 Å². The standard InChI is InChI=1S/C16H26N2/c1-15(2,3)12-7-11-9-17-10-18-14(11)8-13(12)16(4,5)6/h9-10,12-13H,7-8H2,1-6H3. The maximum Gasteiger partial charge on any atom is 0.115 e. The van der Waals surface area contributed by atoms with E-state index >= 15 is 0 Å². The molecule has 0 aliphatic heterocycles. The van der Waals surface area contributed by atoms with Crippen molar-refractivity contribution in [3.05, 3.63) is 23.8 Å². The summed E-state index contributed by atoms with van der Waals surface area (Å²) in [6.07, 6.45) is 5.93. The molecule has 1 aliphatic carbocycles. The van der Waals surface area contributed by atoms with E-state index in [4.69, 9.17) is 0 Å². The molecule has 18 heavy (non-hydrogen) atoms. The van der Waals surface area contributed by atoms with Gasteiger partial charge in [0.2, 0.25) is 0 Å². The van der Waals surface area contributed by atoms with Gasteiger partial charge in [-0.2, -0.15) is 0 Å². The lowest BCUT2D eigenvalue weighted by Crippen LogP contribution is -2.41. The fourth-order valence-electron chi connectivity index (χ4n) is 3.29. The molecule has 0 fully saturated rings. The summed E-state index contributed by atoms with van der Waals surface area (Å²) in [6, 6.07) is 0. The summed E-state index contributed by atoms with van der Waals surface area (Å²) in [6.45, 7) is 14.2. The van der Waals surface area contributed by atoms with Crippen LogP contribution in [0.5, 0.6) is 0 Å². The molecule has 0 bridgehead atoms. The highest BCUT2D eigenvalue weighted by atomic mass is 14.8. The van der Waals surface area contributed by atoms with Crippen LogP contribution in [0.2, 0.25) is 0 Å². The van der Waals surface area contributed by atoms with E-state index in [0.29, 0.717) is 22.7 Å². The largest absolute Gasteiger partial charge is 0.245 e. The number of aromatic nitrogens is 2. The van der Waals surface area contributed by atoms with Crippen LogP contribution in [0.25, 0.3) is 0 Å². The number of nitrogens with zero attached hydrogens (tertiary/aromatic N) is 2. The van der Waals surface area contributed by atoms with Crippen molar-refractivity contribution in [1.82, 2.24) is 9.97 Å². The molecular weight excluding hydrogens is 220 g/mol. The molecule has 2 heteroatoms. The molecule has 2 nitrogen and oxygen atoms in total. The van der Waals surface area contributed by atoms with E-state index in [1.165, 1.54) is 11.3 Å². The smallest absolute Gasteiger partial charge is 0.115 e. The normalized spacial score (nSPS) is 24.8. The third-order valence-corrected chi connectivity index (χ3v) is 4.44. The number of hydrogen-bond acceptors (Lipinski definition) is 2. The molecule has 0 amide bonds. The molecular formula is C16H26N2. The van der Waals surface area contributed by atoms with E-state index < -0.39 is 0 Å². The predicted octanol–water partition coefficient (Wildman–Crippen LogP) is 3.90. The number of fused-ring (bicyclic) bond motifs is 1. The third kappa shape index (κ3) is 2.57. The first-order valence-corrected chi connectivity index (χ1v) is 6.97. The Hall–Kier alpha value is -0.920. The summed E-state index contributed by atoms with van der Waals surface area (Å²) in [5.74, 6) is 1.40. The summed E-state index contributed by atoms with van der Waals surface area (Å²) >= 11 is 0. The molecule has 0 saturated heterocycles. The van der Waals surface area contributed by atoms with Crippen molar-refractivity contribution in [3.63, 3.8) is 0 Å². The Morgan fingerprint density at radius 3 is 2.06 bits per heavy atom. The fraction of sp³-hybridized carbons (Fsp3) is 0.750. The van der Waals surface area contributed by atoms with E-state index in [1.54, 1.807) is 6.33 Å². The Morgan fingerprint density at radius 1 is 0.944 bits per heavy atom. The van der Waals surface area contributed by atoms with Gasteiger partial charge in [0.15, 0.2) is 0 Å². The lowest BCUT2D eigenvalue weighted by atomic mass is 9.59. The van der Waals surface area contributed by atoms with Crippen LogP contribution < -0.4 is 0 Å². The molecule has 2 unspecified atom stereocenters. The van der Waals surface area contributed by atoms with Gasteiger partial charge in [0.25, 0.3) is 0 Å². The van der Waals surface area contributed by atoms with Gasteiger partial charge in [-0.15, -0.1) is 0 Å². The van der Waals surface area contributed by atoms with Crippen molar-refractivity contribution in [2.45, 2.75) is 54.4 Å². The first kappa shape index (κ1) is 13.5. The van der Waals surface area contributed by atoms with E-state index in [2.05, 4.69) is 51.5 Å². The van der Waals surface area contributed by atoms with E-state index in [-0.39, 0.29) is 0 Å². The molecule has 1 aromatic heterocycles. The molecule has 0 N–H and O–H groups in total. The molecule has 100 valence electrons. The van der Waals surface area contributed by atoms with Crippen LogP contribution in [0, 0.1) is 22.7 Å². The lowest BCUT2D eigenvalue weighted by Gasteiger charge is -2.46. The van der Waals surface area contributed by atoms with Gasteiger partial charge in [0, 0.05) is 11.9 Å². The van der Waals surface area contributed by atoms with Crippen LogP contribution in [0.1, 0.15) is 52.8 Å². The van der Waals surface area contributed by atoms with Crippen LogP contribution in [-0.4, -0.2) is 9.97 Å². The van der Waals surface area contributed by atoms with Gasteiger partial charge >= 0.3 is 0 Å². The zero-order valence-corrected chi connectivity index (χ0v) is 12.6. The molecule has 0 saturated carbocycles. The summed E-state index contributed by atoms with van der Waals surface area (Å²) in [5, 5.41) is 0. The maximum atomic E-state index is 4.49. The Bertz CT molecular complexity index is 382. The van der Waals surface area contributed by atoms with Crippen LogP contribution >= 0.6 is 0 Å². The van der Waals surface area contributed by atoms with E-state index in [1.807, 2.05) is 6.20 Å². The molecule has 0 spiro atoms. The Balaban J connectivity index is 2.40. The van der Waals surface area contributed by atoms with E-state index in [9.17, 15) is 0 Å². The van der Waals surface area contributed by atoms with Crippen LogP contribution in [-0.2, 0) is 12.8 Å². The first-order chi connectivity index (χ1) is 8.19. The van der Waals surface area contributed by atoms with Gasteiger partial charge < -0.3 is 0 Å². The first-order valence-electron chi connectivity index (χ1n) is 6.97. The van der Waals surface area contributed by atoms with Crippen molar-refractivity contribution >= 4 is 0 Å². The minimum Gasteiger partial charge on any atom is -0.245 e. The minimum atomic E-state index is 0.334. The highest BCUT2D eigenvalue weighted by Crippen LogP contribution is 2.47. The number of rotatable bonds is 0. The summed E-state index contributed by atoms with van der Waals surface area (Å²) in [7, 11) is 0. The van der Waals surface area contributed by atoms with Gasteiger partial charge in [-0.05, 0) is 41.1 Å². The third-order valence-electron chi connectivity index (χ3n) is 4.44. The quantitative estimate of drug-likeness (QED) is 0.694. The number of hydrogen-bond donors (Lipinski definition) is 0. The van der Waals surface area contributed by atoms with Gasteiger partial charge in [0.1, 0.15) is 6.33 Å². The zero-order valence-electron chi connectivity index (χ0n) is 12.6. The van der Waals surface area contributed by atoms with Gasteiger partial charge in [-0.25, -0.2) is 9.97 Å². The summed E-state index contributed by atoms with van der Waals surface area (Å²) < 4.78 is 0. The Kier molecular flexibility index (Phi) is 3.25. The fourth-order valence-corrected chi connectivity index (χ4v) is 3.29. The molecule has 1 heterocycles. The van der Waals surface area contributed by atoms with Crippen LogP contribution in [0.3, 0.4) is 0 Å². The molecule has 2 rings (SSSR count). The van der Waals surface area contributed by atoms with Crippen molar-refractivity contribution in [2.24, 2.45) is 22.7 Å². The van der Waals surface area contributed by atoms with Crippen molar-refractivity contribution in [2.75, 3.05) is 0 Å². The molecule has 0 aromatic carbocycles. The highest BCUT2D eigenvalue weighted by molar-refractivity contribution is 5.22. The van der Waals surface area contributed by atoms with Crippen molar-refractivity contribution in [1.29, 1.82) is 0 Å². The second-order valence-corrected chi connectivity index (χ2v) is 7.85. The molecule has 1 aromatic rings. The molecule has 2 atom stereocenters. The average molecular weight is 246 g/mol. The highest BCUT2D eigenvalue weighted by Gasteiger charge is 2.42. The van der Waals surface area contributed by atoms with Crippen LogP contribution in [0.4, 0.5) is 0 Å². The zero-order chi connectivity index (χ0) is 13.6. The van der Waals surface area contributed by atoms with E-state index in [0.717, 1.165) is 12.8 Å². The maximum absolute atomic E-state index is 4.49. The second kappa shape index (κ2) is 4.32. The monoisotopic (exact) mass is 246 g/mol. The van der Waals surface area contributed by atoms with Crippen molar-refractivity contribution in [3.8, 4) is 0 Å². The summed E-state index contributed by atoms with van der Waals surface area (Å²) in [4.78, 5) is 8.68.